The molecule has 1 aliphatic rings. The Balaban J connectivity index is 2.05. The number of aromatic hydroxyl groups is 1. The van der Waals surface area contributed by atoms with Gasteiger partial charge >= 0.3 is 5.97 Å². The molecule has 1 heterocycles. The van der Waals surface area contributed by atoms with Gasteiger partial charge in [-0.05, 0) is 25.5 Å². The number of hydrogen-bond acceptors (Lipinski definition) is 4. The summed E-state index contributed by atoms with van der Waals surface area (Å²) in [5, 5.41) is 20.9. The van der Waals surface area contributed by atoms with E-state index in [2.05, 4.69) is 5.32 Å². The Morgan fingerprint density at radius 3 is 2.68 bits per heavy atom. The van der Waals surface area contributed by atoms with Gasteiger partial charge in [0.15, 0.2) is 0 Å². The van der Waals surface area contributed by atoms with Crippen LogP contribution in [0.4, 0.5) is 5.69 Å². The summed E-state index contributed by atoms with van der Waals surface area (Å²) in [4.78, 5) is 22.6. The molecule has 6 heteroatoms. The van der Waals surface area contributed by atoms with E-state index in [-0.39, 0.29) is 29.2 Å². The Morgan fingerprint density at radius 1 is 1.42 bits per heavy atom. The van der Waals surface area contributed by atoms with Gasteiger partial charge in [-0.3, -0.25) is 4.79 Å². The number of aromatic carboxylic acids is 1. The molecule has 0 radical (unpaired) electrons. The normalized spacial score (nSPS) is 22.2. The van der Waals surface area contributed by atoms with Crippen LogP contribution in [-0.4, -0.2) is 34.8 Å². The fourth-order valence-corrected chi connectivity index (χ4v) is 2.03. The molecule has 1 fully saturated rings. The lowest BCUT2D eigenvalue weighted by Crippen LogP contribution is -2.23. The molecule has 2 atom stereocenters. The number of ether oxygens (including phenoxy) is 1. The molecule has 0 aliphatic carbocycles. The van der Waals surface area contributed by atoms with Crippen LogP contribution in [0.1, 0.15) is 23.7 Å². The van der Waals surface area contributed by atoms with Crippen LogP contribution < -0.4 is 5.32 Å². The highest BCUT2D eigenvalue weighted by Crippen LogP contribution is 2.24. The molecular weight excluding hydrogens is 250 g/mol. The Morgan fingerprint density at radius 2 is 2.16 bits per heavy atom. The van der Waals surface area contributed by atoms with E-state index >= 15 is 0 Å². The van der Waals surface area contributed by atoms with Crippen molar-refractivity contribution < 1.29 is 24.5 Å². The fourth-order valence-electron chi connectivity index (χ4n) is 2.03. The van der Waals surface area contributed by atoms with Crippen molar-refractivity contribution >= 4 is 17.6 Å². The zero-order valence-electron chi connectivity index (χ0n) is 10.4. The molecule has 0 spiro atoms. The number of hydrogen-bond donors (Lipinski definition) is 3. The minimum atomic E-state index is -1.21. The molecule has 2 unspecified atom stereocenters. The van der Waals surface area contributed by atoms with Gasteiger partial charge in [-0.2, -0.15) is 0 Å². The first-order chi connectivity index (χ1) is 8.97. The van der Waals surface area contributed by atoms with Crippen LogP contribution in [-0.2, 0) is 9.53 Å². The molecule has 1 aromatic rings. The van der Waals surface area contributed by atoms with Crippen molar-refractivity contribution in [2.24, 2.45) is 5.92 Å². The van der Waals surface area contributed by atoms with Crippen LogP contribution in [0.2, 0.25) is 0 Å². The van der Waals surface area contributed by atoms with Crippen molar-refractivity contribution in [1.82, 2.24) is 0 Å². The molecule has 1 saturated heterocycles. The van der Waals surface area contributed by atoms with Gasteiger partial charge in [0.1, 0.15) is 11.3 Å². The van der Waals surface area contributed by atoms with Crippen molar-refractivity contribution in [3.63, 3.8) is 0 Å². The van der Waals surface area contributed by atoms with Gasteiger partial charge in [-0.15, -0.1) is 0 Å². The summed E-state index contributed by atoms with van der Waals surface area (Å²) in [5.74, 6) is -1.99. The van der Waals surface area contributed by atoms with Crippen LogP contribution >= 0.6 is 0 Å². The highest BCUT2D eigenvalue weighted by Gasteiger charge is 2.28. The number of carbonyl (C=O) groups is 2. The second kappa shape index (κ2) is 5.27. The van der Waals surface area contributed by atoms with Gasteiger partial charge in [0, 0.05) is 11.8 Å². The third-order valence-electron chi connectivity index (χ3n) is 3.06. The van der Waals surface area contributed by atoms with E-state index < -0.39 is 5.97 Å². The average molecular weight is 265 g/mol. The second-order valence-electron chi connectivity index (χ2n) is 4.60. The molecule has 102 valence electrons. The van der Waals surface area contributed by atoms with Gasteiger partial charge < -0.3 is 20.3 Å². The summed E-state index contributed by atoms with van der Waals surface area (Å²) in [5.41, 5.74) is 0.169. The molecule has 0 bridgehead atoms. The number of nitrogens with one attached hydrogen (secondary N) is 1. The Labute approximate surface area is 110 Å². The van der Waals surface area contributed by atoms with Crippen molar-refractivity contribution in [3.05, 3.63) is 23.8 Å². The predicted octanol–water partition coefficient (Wildman–Crippen LogP) is 1.45. The van der Waals surface area contributed by atoms with E-state index in [0.29, 0.717) is 18.7 Å². The lowest BCUT2D eigenvalue weighted by Gasteiger charge is -2.10. The number of amides is 1. The molecule has 1 aromatic carbocycles. The van der Waals surface area contributed by atoms with Crippen molar-refractivity contribution in [3.8, 4) is 5.75 Å². The third kappa shape index (κ3) is 3.03. The molecule has 19 heavy (non-hydrogen) atoms. The summed E-state index contributed by atoms with van der Waals surface area (Å²) in [6.07, 6.45) is 0.726. The zero-order chi connectivity index (χ0) is 14.0. The number of phenols is 1. The van der Waals surface area contributed by atoms with E-state index in [1.165, 1.54) is 18.2 Å². The maximum atomic E-state index is 11.9. The fraction of sp³-hybridized carbons (Fsp3) is 0.385. The standard InChI is InChI=1S/C13H15NO5/c1-7-4-8(6-19-7)12(16)14-9-2-3-10(13(17)18)11(15)5-9/h2-3,5,7-8,15H,4,6H2,1H3,(H,14,16)(H,17,18). The molecule has 0 saturated carbocycles. The number of carbonyl (C=O) groups excluding carboxylic acids is 1. The first-order valence-corrected chi connectivity index (χ1v) is 5.96. The number of rotatable bonds is 3. The number of carboxylic acid groups (broad SMARTS) is 1. The SMILES string of the molecule is CC1CC(C(=O)Nc2ccc(C(=O)O)c(O)c2)CO1. The van der Waals surface area contributed by atoms with E-state index in [1.807, 2.05) is 6.92 Å². The van der Waals surface area contributed by atoms with Gasteiger partial charge in [-0.1, -0.05) is 0 Å². The van der Waals surface area contributed by atoms with Crippen LogP contribution in [0.25, 0.3) is 0 Å². The van der Waals surface area contributed by atoms with Crippen molar-refractivity contribution in [2.75, 3.05) is 11.9 Å². The monoisotopic (exact) mass is 265 g/mol. The second-order valence-corrected chi connectivity index (χ2v) is 4.60. The molecule has 0 aromatic heterocycles. The first kappa shape index (κ1) is 13.4. The van der Waals surface area contributed by atoms with Crippen molar-refractivity contribution in [1.29, 1.82) is 0 Å². The summed E-state index contributed by atoms with van der Waals surface area (Å²) in [6, 6.07) is 3.92. The van der Waals surface area contributed by atoms with Crippen LogP contribution in [0.5, 0.6) is 5.75 Å². The summed E-state index contributed by atoms with van der Waals surface area (Å²) in [7, 11) is 0. The smallest absolute Gasteiger partial charge is 0.339 e. The van der Waals surface area contributed by atoms with Gasteiger partial charge in [0.05, 0.1) is 18.6 Å². The zero-order valence-corrected chi connectivity index (χ0v) is 10.4. The van der Waals surface area contributed by atoms with Crippen LogP contribution in [0.15, 0.2) is 18.2 Å². The van der Waals surface area contributed by atoms with E-state index in [4.69, 9.17) is 9.84 Å². The lowest BCUT2D eigenvalue weighted by molar-refractivity contribution is -0.119. The lowest BCUT2D eigenvalue weighted by atomic mass is 10.1. The van der Waals surface area contributed by atoms with Gasteiger partial charge in [0.25, 0.3) is 0 Å². The average Bonchev–Trinajstić information content (AvgIpc) is 2.75. The first-order valence-electron chi connectivity index (χ1n) is 5.96. The molecular formula is C13H15NO5. The summed E-state index contributed by atoms with van der Waals surface area (Å²) < 4.78 is 5.31. The quantitative estimate of drug-likeness (QED) is 0.768. The molecule has 1 aliphatic heterocycles. The number of benzene rings is 1. The van der Waals surface area contributed by atoms with E-state index in [9.17, 15) is 14.7 Å². The molecule has 6 nitrogen and oxygen atoms in total. The topological polar surface area (TPSA) is 95.9 Å². The molecule has 3 N–H and O–H groups in total. The van der Waals surface area contributed by atoms with E-state index in [0.717, 1.165) is 0 Å². The maximum absolute atomic E-state index is 11.9. The minimum absolute atomic E-state index is 0.0681. The molecule has 1 amide bonds. The highest BCUT2D eigenvalue weighted by molar-refractivity contribution is 5.95. The predicted molar refractivity (Wildman–Crippen MR) is 67.2 cm³/mol. The van der Waals surface area contributed by atoms with Crippen LogP contribution in [0.3, 0.4) is 0 Å². The van der Waals surface area contributed by atoms with Gasteiger partial charge in [0.2, 0.25) is 5.91 Å². The van der Waals surface area contributed by atoms with Crippen molar-refractivity contribution in [2.45, 2.75) is 19.4 Å². The minimum Gasteiger partial charge on any atom is -0.507 e. The summed E-state index contributed by atoms with van der Waals surface area (Å²) in [6.45, 7) is 2.28. The van der Waals surface area contributed by atoms with Crippen LogP contribution in [0, 0.1) is 5.92 Å². The highest BCUT2D eigenvalue weighted by atomic mass is 16.5. The number of carboxylic acids is 1. The van der Waals surface area contributed by atoms with E-state index in [1.54, 1.807) is 0 Å². The van der Waals surface area contributed by atoms with Gasteiger partial charge in [-0.25, -0.2) is 4.79 Å². The Hall–Kier alpha value is -2.08. The number of anilines is 1. The largest absolute Gasteiger partial charge is 0.507 e. The third-order valence-corrected chi connectivity index (χ3v) is 3.06. The summed E-state index contributed by atoms with van der Waals surface area (Å²) >= 11 is 0. The Bertz CT molecular complexity index is 514. The molecule has 2 rings (SSSR count). The Kier molecular flexibility index (Phi) is 3.71. The maximum Gasteiger partial charge on any atom is 0.339 e.